The van der Waals surface area contributed by atoms with E-state index in [9.17, 15) is 4.79 Å². The molecule has 2 heterocycles. The Labute approximate surface area is 105 Å². The van der Waals surface area contributed by atoms with Crippen molar-refractivity contribution in [3.8, 4) is 5.75 Å². The van der Waals surface area contributed by atoms with Gasteiger partial charge in [0, 0.05) is 19.2 Å². The Morgan fingerprint density at radius 2 is 2.44 bits per heavy atom. The molecule has 1 fully saturated rings. The lowest BCUT2D eigenvalue weighted by Gasteiger charge is -2.29. The van der Waals surface area contributed by atoms with Gasteiger partial charge in [-0.2, -0.15) is 0 Å². The van der Waals surface area contributed by atoms with Crippen LogP contribution in [0.5, 0.6) is 5.75 Å². The molecule has 1 saturated heterocycles. The smallest absolute Gasteiger partial charge is 0.227 e. The zero-order chi connectivity index (χ0) is 13.0. The molecule has 1 unspecified atom stereocenters. The van der Waals surface area contributed by atoms with Crippen molar-refractivity contribution in [3.05, 3.63) is 28.3 Å². The van der Waals surface area contributed by atoms with E-state index >= 15 is 0 Å². The molecule has 1 atom stereocenters. The molecule has 0 aliphatic carbocycles. The van der Waals surface area contributed by atoms with E-state index in [1.54, 1.807) is 0 Å². The molecule has 1 aromatic rings. The summed E-state index contributed by atoms with van der Waals surface area (Å²) in [6.07, 6.45) is 1.18. The van der Waals surface area contributed by atoms with Crippen molar-refractivity contribution in [3.63, 3.8) is 0 Å². The van der Waals surface area contributed by atoms with Gasteiger partial charge < -0.3 is 23.9 Å². The van der Waals surface area contributed by atoms with E-state index in [1.807, 2.05) is 7.05 Å². The van der Waals surface area contributed by atoms with Crippen LogP contribution in [0.1, 0.15) is 5.76 Å². The lowest BCUT2D eigenvalue weighted by atomic mass is 10.3. The summed E-state index contributed by atoms with van der Waals surface area (Å²) < 4.78 is 15.9. The Kier molecular flexibility index (Phi) is 4.35. The summed E-state index contributed by atoms with van der Waals surface area (Å²) in [5.41, 5.74) is -0.297. The third-order valence-electron chi connectivity index (χ3n) is 2.77. The van der Waals surface area contributed by atoms with Gasteiger partial charge in [0.2, 0.25) is 11.2 Å². The Balaban J connectivity index is 1.91. The summed E-state index contributed by atoms with van der Waals surface area (Å²) in [5, 5.41) is 8.82. The average molecular weight is 255 g/mol. The van der Waals surface area contributed by atoms with Gasteiger partial charge in [-0.15, -0.1) is 0 Å². The third-order valence-corrected chi connectivity index (χ3v) is 2.77. The highest BCUT2D eigenvalue weighted by Crippen LogP contribution is 2.09. The monoisotopic (exact) mass is 255 g/mol. The molecule has 0 spiro atoms. The predicted octanol–water partition coefficient (Wildman–Crippen LogP) is -0.159. The first-order valence-electron chi connectivity index (χ1n) is 5.84. The Morgan fingerprint density at radius 1 is 1.61 bits per heavy atom. The maximum atomic E-state index is 11.6. The maximum Gasteiger partial charge on any atom is 0.227 e. The third kappa shape index (κ3) is 3.32. The molecule has 1 aliphatic rings. The summed E-state index contributed by atoms with van der Waals surface area (Å²) >= 11 is 0. The molecule has 0 aromatic carbocycles. The number of rotatable bonds is 4. The molecule has 2 rings (SSSR count). The van der Waals surface area contributed by atoms with Crippen LogP contribution in [0.3, 0.4) is 0 Å². The van der Waals surface area contributed by atoms with Crippen molar-refractivity contribution in [2.45, 2.75) is 12.7 Å². The second-order valence-corrected chi connectivity index (χ2v) is 4.30. The fraction of sp³-hybridized carbons (Fsp3) is 0.583. The minimum atomic E-state index is -0.300. The van der Waals surface area contributed by atoms with Crippen molar-refractivity contribution in [1.29, 1.82) is 0 Å². The zero-order valence-electron chi connectivity index (χ0n) is 10.3. The standard InChI is InChI=1S/C12H17NO5/c1-13-2-3-16-10(5-13)7-18-12-8-17-9(6-14)4-11(12)15/h4,8,10,14H,2-3,5-7H2,1H3. The SMILES string of the molecule is CN1CCOC(COc2coc(CO)cc2=O)C1. The van der Waals surface area contributed by atoms with Gasteiger partial charge in [0.25, 0.3) is 0 Å². The van der Waals surface area contributed by atoms with Crippen molar-refractivity contribution in [2.24, 2.45) is 0 Å². The summed E-state index contributed by atoms with van der Waals surface area (Å²) in [4.78, 5) is 13.7. The normalized spacial score (nSPS) is 20.9. The number of likely N-dealkylation sites (N-methyl/N-ethyl adjacent to an activating group) is 1. The lowest BCUT2D eigenvalue weighted by Crippen LogP contribution is -2.43. The van der Waals surface area contributed by atoms with Crippen LogP contribution in [-0.2, 0) is 11.3 Å². The largest absolute Gasteiger partial charge is 0.484 e. The van der Waals surface area contributed by atoms with E-state index in [2.05, 4.69) is 4.90 Å². The summed E-state index contributed by atoms with van der Waals surface area (Å²) in [6.45, 7) is 2.37. The van der Waals surface area contributed by atoms with Crippen LogP contribution in [0.4, 0.5) is 0 Å². The summed E-state index contributed by atoms with van der Waals surface area (Å²) in [6, 6.07) is 1.23. The van der Waals surface area contributed by atoms with Gasteiger partial charge in [-0.3, -0.25) is 4.79 Å². The second-order valence-electron chi connectivity index (χ2n) is 4.30. The van der Waals surface area contributed by atoms with Crippen molar-refractivity contribution >= 4 is 0 Å². The molecular weight excluding hydrogens is 238 g/mol. The van der Waals surface area contributed by atoms with Crippen molar-refractivity contribution in [2.75, 3.05) is 33.4 Å². The number of aliphatic hydroxyl groups excluding tert-OH is 1. The number of hydrogen-bond donors (Lipinski definition) is 1. The molecule has 6 nitrogen and oxygen atoms in total. The molecule has 6 heteroatoms. The molecule has 1 aromatic heterocycles. The first-order chi connectivity index (χ1) is 8.69. The fourth-order valence-electron chi connectivity index (χ4n) is 1.78. The van der Waals surface area contributed by atoms with Crippen LogP contribution in [0.25, 0.3) is 0 Å². The topological polar surface area (TPSA) is 72.1 Å². The number of aliphatic hydroxyl groups is 1. The molecular formula is C12H17NO5. The maximum absolute atomic E-state index is 11.6. The fourth-order valence-corrected chi connectivity index (χ4v) is 1.78. The predicted molar refractivity (Wildman–Crippen MR) is 63.6 cm³/mol. The van der Waals surface area contributed by atoms with Crippen LogP contribution in [0, 0.1) is 0 Å². The highest BCUT2D eigenvalue weighted by Gasteiger charge is 2.18. The molecule has 1 N–H and O–H groups in total. The van der Waals surface area contributed by atoms with Crippen LogP contribution in [0.2, 0.25) is 0 Å². The summed E-state index contributed by atoms with van der Waals surface area (Å²) in [7, 11) is 2.01. The van der Waals surface area contributed by atoms with Gasteiger partial charge in [-0.25, -0.2) is 0 Å². The number of morpholine rings is 1. The van der Waals surface area contributed by atoms with Gasteiger partial charge in [-0.1, -0.05) is 0 Å². The molecule has 0 amide bonds. The first kappa shape index (κ1) is 13.1. The molecule has 0 bridgehead atoms. The minimum Gasteiger partial charge on any atom is -0.484 e. The molecule has 100 valence electrons. The first-order valence-corrected chi connectivity index (χ1v) is 5.84. The van der Waals surface area contributed by atoms with Gasteiger partial charge in [-0.05, 0) is 7.05 Å². The molecule has 18 heavy (non-hydrogen) atoms. The Bertz CT molecular complexity index is 444. The minimum absolute atomic E-state index is 0.0410. The van der Waals surface area contributed by atoms with Crippen LogP contribution < -0.4 is 10.2 Å². The van der Waals surface area contributed by atoms with Crippen LogP contribution in [0.15, 0.2) is 21.5 Å². The van der Waals surface area contributed by atoms with Gasteiger partial charge in [0.15, 0.2) is 0 Å². The van der Waals surface area contributed by atoms with Gasteiger partial charge >= 0.3 is 0 Å². The van der Waals surface area contributed by atoms with E-state index in [0.29, 0.717) is 13.2 Å². The van der Waals surface area contributed by atoms with E-state index in [0.717, 1.165) is 13.1 Å². The second kappa shape index (κ2) is 5.99. The lowest BCUT2D eigenvalue weighted by molar-refractivity contribution is -0.0407. The van der Waals surface area contributed by atoms with Crippen LogP contribution >= 0.6 is 0 Å². The average Bonchev–Trinajstić information content (AvgIpc) is 2.37. The van der Waals surface area contributed by atoms with Crippen LogP contribution in [-0.4, -0.2) is 49.5 Å². The Hall–Kier alpha value is -1.37. The van der Waals surface area contributed by atoms with Crippen molar-refractivity contribution < 1.29 is 19.0 Å². The number of ether oxygens (including phenoxy) is 2. The summed E-state index contributed by atoms with van der Waals surface area (Å²) in [5.74, 6) is 0.366. The van der Waals surface area contributed by atoms with Crippen molar-refractivity contribution in [1.82, 2.24) is 4.90 Å². The van der Waals surface area contributed by atoms with E-state index in [-0.39, 0.29) is 29.6 Å². The molecule has 0 saturated carbocycles. The highest BCUT2D eigenvalue weighted by molar-refractivity contribution is 5.17. The molecule has 0 radical (unpaired) electrons. The Morgan fingerprint density at radius 3 is 3.11 bits per heavy atom. The zero-order valence-corrected chi connectivity index (χ0v) is 10.3. The van der Waals surface area contributed by atoms with E-state index in [1.165, 1.54) is 12.3 Å². The van der Waals surface area contributed by atoms with E-state index in [4.69, 9.17) is 19.0 Å². The van der Waals surface area contributed by atoms with E-state index < -0.39 is 0 Å². The number of nitrogens with zero attached hydrogens (tertiary/aromatic N) is 1. The number of hydrogen-bond acceptors (Lipinski definition) is 6. The van der Waals surface area contributed by atoms with Gasteiger partial charge in [0.1, 0.15) is 31.3 Å². The van der Waals surface area contributed by atoms with Gasteiger partial charge in [0.05, 0.1) is 6.61 Å². The highest BCUT2D eigenvalue weighted by atomic mass is 16.5. The quantitative estimate of drug-likeness (QED) is 0.806. The molecule has 1 aliphatic heterocycles.